The first-order chi connectivity index (χ1) is 15.1. The topological polar surface area (TPSA) is 112 Å². The lowest BCUT2D eigenvalue weighted by atomic mass is 10.1. The Morgan fingerprint density at radius 3 is 2.56 bits per heavy atom. The average Bonchev–Trinajstić information content (AvgIpc) is 2.72. The number of pyridine rings is 1. The standard InChI is InChI=1S/C21H19F3N6O2/c1-4-17(31)27-16-7-11(2)5-6-14(16)28-19-13(21(22,23)24)10-26-20(30-19)29-15-8-18(32)25-9-12(15)3/h4-10H,1H2,2-3H3,(H,27,31)(H3,25,26,28,29,30,32). The highest BCUT2D eigenvalue weighted by atomic mass is 19.4. The predicted octanol–water partition coefficient (Wildman–Crippen LogP) is 4.41. The molecule has 32 heavy (non-hydrogen) atoms. The van der Waals surface area contributed by atoms with Crippen LogP contribution in [0.25, 0.3) is 0 Å². The minimum atomic E-state index is -4.74. The molecule has 4 N–H and O–H groups in total. The normalized spacial score (nSPS) is 11.0. The molecule has 0 bridgehead atoms. The van der Waals surface area contributed by atoms with Crippen molar-refractivity contribution in [3.63, 3.8) is 0 Å². The molecule has 0 radical (unpaired) electrons. The van der Waals surface area contributed by atoms with Crippen molar-refractivity contribution in [2.45, 2.75) is 20.0 Å². The number of hydrogen-bond acceptors (Lipinski definition) is 6. The number of nitrogens with zero attached hydrogens (tertiary/aromatic N) is 2. The number of amides is 1. The molecule has 0 unspecified atom stereocenters. The van der Waals surface area contributed by atoms with Gasteiger partial charge in [-0.25, -0.2) is 4.98 Å². The molecule has 0 saturated carbocycles. The number of aryl methyl sites for hydroxylation is 2. The molecule has 3 aromatic rings. The van der Waals surface area contributed by atoms with E-state index in [1.807, 2.05) is 0 Å². The van der Waals surface area contributed by atoms with Crippen LogP contribution in [0.3, 0.4) is 0 Å². The van der Waals surface area contributed by atoms with Gasteiger partial charge in [-0.15, -0.1) is 0 Å². The van der Waals surface area contributed by atoms with Crippen molar-refractivity contribution in [3.05, 3.63) is 76.4 Å². The third-order valence-corrected chi connectivity index (χ3v) is 4.34. The number of H-pyrrole nitrogens is 1. The van der Waals surface area contributed by atoms with Crippen molar-refractivity contribution in [2.75, 3.05) is 16.0 Å². The Kier molecular flexibility index (Phi) is 6.28. The van der Waals surface area contributed by atoms with Crippen LogP contribution in [0.15, 0.2) is 54.1 Å². The lowest BCUT2D eigenvalue weighted by molar-refractivity contribution is -0.137. The zero-order chi connectivity index (χ0) is 23.5. The van der Waals surface area contributed by atoms with Gasteiger partial charge in [0, 0.05) is 18.5 Å². The summed E-state index contributed by atoms with van der Waals surface area (Å²) in [5.41, 5.74) is 0.692. The van der Waals surface area contributed by atoms with Gasteiger partial charge in [-0.3, -0.25) is 9.59 Å². The molecule has 1 amide bonds. The van der Waals surface area contributed by atoms with Crippen LogP contribution in [0, 0.1) is 13.8 Å². The fraction of sp³-hybridized carbons (Fsp3) is 0.143. The second-order valence-electron chi connectivity index (χ2n) is 6.84. The van der Waals surface area contributed by atoms with Crippen LogP contribution in [0.5, 0.6) is 0 Å². The first-order valence-corrected chi connectivity index (χ1v) is 9.28. The lowest BCUT2D eigenvalue weighted by Crippen LogP contribution is -2.15. The van der Waals surface area contributed by atoms with Crippen molar-refractivity contribution in [3.8, 4) is 0 Å². The van der Waals surface area contributed by atoms with Crippen LogP contribution in [-0.4, -0.2) is 20.9 Å². The first kappa shape index (κ1) is 22.5. The number of benzene rings is 1. The number of aromatic nitrogens is 3. The monoisotopic (exact) mass is 444 g/mol. The number of carbonyl (C=O) groups is 1. The van der Waals surface area contributed by atoms with Gasteiger partial charge in [-0.2, -0.15) is 18.2 Å². The van der Waals surface area contributed by atoms with E-state index < -0.39 is 29.0 Å². The number of aromatic amines is 1. The third-order valence-electron chi connectivity index (χ3n) is 4.34. The van der Waals surface area contributed by atoms with E-state index in [-0.39, 0.29) is 17.3 Å². The van der Waals surface area contributed by atoms with Gasteiger partial charge < -0.3 is 20.9 Å². The maximum Gasteiger partial charge on any atom is 0.421 e. The SMILES string of the molecule is C=CC(=O)Nc1cc(C)ccc1Nc1nc(Nc2cc(=O)[nH]cc2C)ncc1C(F)(F)F. The molecule has 8 nitrogen and oxygen atoms in total. The Labute approximate surface area is 180 Å². The molecule has 0 saturated heterocycles. The Hall–Kier alpha value is -4.15. The number of halogens is 3. The molecule has 0 aliphatic rings. The van der Waals surface area contributed by atoms with Gasteiger partial charge in [0.2, 0.25) is 17.4 Å². The van der Waals surface area contributed by atoms with Crippen molar-refractivity contribution in [1.29, 1.82) is 0 Å². The smallest absolute Gasteiger partial charge is 0.338 e. The summed E-state index contributed by atoms with van der Waals surface area (Å²) in [6.07, 6.45) is -1.61. The average molecular weight is 444 g/mol. The minimum absolute atomic E-state index is 0.155. The molecule has 0 aliphatic heterocycles. The van der Waals surface area contributed by atoms with Gasteiger partial charge in [0.25, 0.3) is 0 Å². The van der Waals surface area contributed by atoms with Crippen LogP contribution in [0.2, 0.25) is 0 Å². The molecule has 0 aliphatic carbocycles. The number of carbonyl (C=O) groups excluding carboxylic acids is 1. The van der Waals surface area contributed by atoms with E-state index in [9.17, 15) is 22.8 Å². The summed E-state index contributed by atoms with van der Waals surface area (Å²) in [5, 5.41) is 7.93. The van der Waals surface area contributed by atoms with Gasteiger partial charge in [0.1, 0.15) is 11.4 Å². The summed E-state index contributed by atoms with van der Waals surface area (Å²) in [6, 6.07) is 6.02. The summed E-state index contributed by atoms with van der Waals surface area (Å²) in [7, 11) is 0. The van der Waals surface area contributed by atoms with Crippen LogP contribution in [0.4, 0.5) is 42.0 Å². The molecule has 0 atom stereocenters. The van der Waals surface area contributed by atoms with Crippen LogP contribution in [-0.2, 0) is 11.0 Å². The van der Waals surface area contributed by atoms with Crippen LogP contribution < -0.4 is 21.5 Å². The molecule has 2 heterocycles. The molecule has 3 rings (SSSR count). The highest BCUT2D eigenvalue weighted by molar-refractivity contribution is 6.01. The summed E-state index contributed by atoms with van der Waals surface area (Å²) >= 11 is 0. The van der Waals surface area contributed by atoms with E-state index in [1.54, 1.807) is 26.0 Å². The van der Waals surface area contributed by atoms with Gasteiger partial charge in [0.05, 0.1) is 17.1 Å². The number of hydrogen-bond donors (Lipinski definition) is 4. The van der Waals surface area contributed by atoms with Crippen LogP contribution in [0.1, 0.15) is 16.7 Å². The summed E-state index contributed by atoms with van der Waals surface area (Å²) in [6.45, 7) is 6.84. The second kappa shape index (κ2) is 8.92. The zero-order valence-corrected chi connectivity index (χ0v) is 17.1. The van der Waals surface area contributed by atoms with E-state index in [0.29, 0.717) is 17.4 Å². The van der Waals surface area contributed by atoms with Crippen molar-refractivity contribution < 1.29 is 18.0 Å². The summed E-state index contributed by atoms with van der Waals surface area (Å²) < 4.78 is 40.8. The molecular weight excluding hydrogens is 425 g/mol. The Morgan fingerprint density at radius 2 is 1.88 bits per heavy atom. The molecule has 166 valence electrons. The van der Waals surface area contributed by atoms with Crippen molar-refractivity contribution >= 4 is 34.7 Å². The van der Waals surface area contributed by atoms with Gasteiger partial charge in [-0.05, 0) is 43.2 Å². The van der Waals surface area contributed by atoms with E-state index in [1.165, 1.54) is 18.3 Å². The van der Waals surface area contributed by atoms with E-state index in [0.717, 1.165) is 11.6 Å². The highest BCUT2D eigenvalue weighted by Gasteiger charge is 2.35. The molecule has 0 fully saturated rings. The predicted molar refractivity (Wildman–Crippen MR) is 115 cm³/mol. The highest BCUT2D eigenvalue weighted by Crippen LogP contribution is 2.36. The third kappa shape index (κ3) is 5.31. The van der Waals surface area contributed by atoms with E-state index in [2.05, 4.69) is 37.5 Å². The fourth-order valence-corrected chi connectivity index (χ4v) is 2.73. The zero-order valence-electron chi connectivity index (χ0n) is 17.1. The minimum Gasteiger partial charge on any atom is -0.338 e. The largest absolute Gasteiger partial charge is 0.421 e. The maximum atomic E-state index is 13.6. The molecule has 11 heteroatoms. The molecule has 0 spiro atoms. The number of alkyl halides is 3. The van der Waals surface area contributed by atoms with Gasteiger partial charge >= 0.3 is 6.18 Å². The van der Waals surface area contributed by atoms with Crippen molar-refractivity contribution in [2.24, 2.45) is 0 Å². The Balaban J connectivity index is 2.04. The van der Waals surface area contributed by atoms with Gasteiger partial charge in [-0.1, -0.05) is 12.6 Å². The summed E-state index contributed by atoms with van der Waals surface area (Å²) in [5.74, 6) is -1.21. The fourth-order valence-electron chi connectivity index (χ4n) is 2.73. The second-order valence-corrected chi connectivity index (χ2v) is 6.84. The van der Waals surface area contributed by atoms with Gasteiger partial charge in [0.15, 0.2) is 0 Å². The lowest BCUT2D eigenvalue weighted by Gasteiger charge is -2.17. The van der Waals surface area contributed by atoms with E-state index in [4.69, 9.17) is 0 Å². The Morgan fingerprint density at radius 1 is 1.12 bits per heavy atom. The molecule has 1 aromatic carbocycles. The molecule has 2 aromatic heterocycles. The molecular formula is C21H19F3N6O2. The van der Waals surface area contributed by atoms with E-state index >= 15 is 0 Å². The number of nitrogens with one attached hydrogen (secondary N) is 4. The Bertz CT molecular complexity index is 1240. The van der Waals surface area contributed by atoms with Crippen molar-refractivity contribution in [1.82, 2.24) is 15.0 Å². The first-order valence-electron chi connectivity index (χ1n) is 9.28. The number of anilines is 5. The summed E-state index contributed by atoms with van der Waals surface area (Å²) in [4.78, 5) is 33.5. The quantitative estimate of drug-likeness (QED) is 0.419. The number of rotatable bonds is 6. The maximum absolute atomic E-state index is 13.6. The van der Waals surface area contributed by atoms with Crippen LogP contribution >= 0.6 is 0 Å².